The third-order valence-electron chi connectivity index (χ3n) is 5.59. The molecule has 5 heteroatoms. The van der Waals surface area contributed by atoms with Gasteiger partial charge in [-0.1, -0.05) is 12.6 Å². The van der Waals surface area contributed by atoms with Crippen LogP contribution in [-0.2, 0) is 6.54 Å². The van der Waals surface area contributed by atoms with E-state index >= 15 is 0 Å². The average Bonchev–Trinajstić information content (AvgIpc) is 2.87. The van der Waals surface area contributed by atoms with Gasteiger partial charge in [0.25, 0.3) is 5.91 Å². The van der Waals surface area contributed by atoms with Gasteiger partial charge in [-0.3, -0.25) is 4.79 Å². The largest absolute Gasteiger partial charge is 0.505 e. The summed E-state index contributed by atoms with van der Waals surface area (Å²) < 4.78 is 14.1. The number of phenolic OH excluding ortho intramolecular Hbond substituents is 1. The van der Waals surface area contributed by atoms with Gasteiger partial charge in [0.05, 0.1) is 12.1 Å². The van der Waals surface area contributed by atoms with E-state index in [2.05, 4.69) is 20.4 Å². The first-order chi connectivity index (χ1) is 11.2. The minimum atomic E-state index is -0.832. The molecule has 0 spiro atoms. The lowest BCUT2D eigenvalue weighted by atomic mass is 9.73. The maximum Gasteiger partial charge on any atom is 0.261 e. The molecule has 3 N–H and O–H groups in total. The molecule has 0 radical (unpaired) electrons. The summed E-state index contributed by atoms with van der Waals surface area (Å²) in [7, 11) is 0. The molecular weight excluding hydrogens is 307 g/mol. The van der Waals surface area contributed by atoms with E-state index in [0.717, 1.165) is 31.4 Å². The van der Waals surface area contributed by atoms with Gasteiger partial charge in [-0.25, -0.2) is 4.39 Å². The molecule has 0 saturated heterocycles. The zero-order valence-electron chi connectivity index (χ0n) is 14.3. The van der Waals surface area contributed by atoms with Crippen molar-refractivity contribution < 1.29 is 14.3 Å². The van der Waals surface area contributed by atoms with Gasteiger partial charge >= 0.3 is 0 Å². The van der Waals surface area contributed by atoms with Crippen molar-refractivity contribution in [2.75, 3.05) is 0 Å². The van der Waals surface area contributed by atoms with Crippen LogP contribution >= 0.6 is 0 Å². The normalized spacial score (nSPS) is 24.2. The number of nitrogens with zero attached hydrogens (tertiary/aromatic N) is 1. The van der Waals surface area contributed by atoms with E-state index in [1.807, 2.05) is 0 Å². The summed E-state index contributed by atoms with van der Waals surface area (Å²) in [5.41, 5.74) is 7.36. The molecule has 0 bridgehead atoms. The Balaban J connectivity index is 1.72. The highest BCUT2D eigenvalue weighted by atomic mass is 19.1. The molecular formula is C19H25FN2O2. The topological polar surface area (TPSA) is 66.6 Å². The zero-order chi connectivity index (χ0) is 17.6. The second-order valence-corrected chi connectivity index (χ2v) is 7.69. The van der Waals surface area contributed by atoms with Gasteiger partial charge in [0.1, 0.15) is 0 Å². The van der Waals surface area contributed by atoms with Crippen LogP contribution in [0.2, 0.25) is 0 Å². The second-order valence-electron chi connectivity index (χ2n) is 7.69. The number of fused-ring (bicyclic) bond motifs is 1. The first-order valence-corrected chi connectivity index (χ1v) is 8.50. The van der Waals surface area contributed by atoms with E-state index in [9.17, 15) is 14.3 Å². The van der Waals surface area contributed by atoms with E-state index in [-0.39, 0.29) is 17.0 Å². The molecule has 24 heavy (non-hydrogen) atoms. The highest BCUT2D eigenvalue weighted by Crippen LogP contribution is 2.40. The van der Waals surface area contributed by atoms with Crippen molar-refractivity contribution >= 4 is 5.91 Å². The molecule has 0 unspecified atom stereocenters. The molecule has 4 nitrogen and oxygen atoms in total. The highest BCUT2D eigenvalue weighted by molar-refractivity contribution is 6.00. The first-order valence-electron chi connectivity index (χ1n) is 8.50. The summed E-state index contributed by atoms with van der Waals surface area (Å²) in [6.07, 6.45) is 3.91. The van der Waals surface area contributed by atoms with E-state index in [4.69, 9.17) is 5.73 Å². The fourth-order valence-electron chi connectivity index (χ4n) is 3.97. The monoisotopic (exact) mass is 332 g/mol. The number of phenols is 1. The SMILES string of the molecule is C=C(C1CCC(C(C)(C)N)CC1)N1Cc2ccc(O)c(F)c2C1=O. The van der Waals surface area contributed by atoms with Crippen LogP contribution in [0.3, 0.4) is 0 Å². The first kappa shape index (κ1) is 17.0. The molecule has 1 fully saturated rings. The number of halogens is 1. The number of aromatic hydroxyl groups is 1. The van der Waals surface area contributed by atoms with E-state index in [0.29, 0.717) is 18.0 Å². The lowest BCUT2D eigenvalue weighted by Gasteiger charge is -2.38. The number of hydrogen-bond acceptors (Lipinski definition) is 3. The standard InChI is InChI=1S/C19H25FN2O2/c1-11(12-4-7-14(8-5-12)19(2,3)21)22-10-13-6-9-15(23)17(20)16(13)18(22)24/h6,9,12,14,23H,1,4-5,7-8,10,21H2,2-3H3. The van der Waals surface area contributed by atoms with Crippen molar-refractivity contribution in [3.05, 3.63) is 41.4 Å². The van der Waals surface area contributed by atoms with Crippen molar-refractivity contribution in [2.24, 2.45) is 17.6 Å². The highest BCUT2D eigenvalue weighted by Gasteiger charge is 2.37. The van der Waals surface area contributed by atoms with Crippen molar-refractivity contribution in [1.29, 1.82) is 0 Å². The smallest absolute Gasteiger partial charge is 0.261 e. The molecule has 1 saturated carbocycles. The van der Waals surface area contributed by atoms with Gasteiger partial charge in [0.15, 0.2) is 11.6 Å². The summed E-state index contributed by atoms with van der Waals surface area (Å²) in [5.74, 6) is -1.02. The fraction of sp³-hybridized carbons (Fsp3) is 0.526. The van der Waals surface area contributed by atoms with Crippen molar-refractivity contribution in [3.8, 4) is 5.75 Å². The molecule has 1 aliphatic heterocycles. The Bertz CT molecular complexity index is 685. The van der Waals surface area contributed by atoms with Crippen LogP contribution < -0.4 is 5.73 Å². The number of allylic oxidation sites excluding steroid dienone is 1. The number of carbonyl (C=O) groups is 1. The lowest BCUT2D eigenvalue weighted by Crippen LogP contribution is -2.43. The minimum absolute atomic E-state index is 0.0204. The van der Waals surface area contributed by atoms with E-state index < -0.39 is 17.5 Å². The summed E-state index contributed by atoms with van der Waals surface area (Å²) in [6.45, 7) is 8.56. The van der Waals surface area contributed by atoms with Crippen LogP contribution in [0.5, 0.6) is 5.75 Å². The van der Waals surface area contributed by atoms with E-state index in [1.54, 1.807) is 11.0 Å². The van der Waals surface area contributed by atoms with Crippen LogP contribution in [0.1, 0.15) is 55.5 Å². The van der Waals surface area contributed by atoms with Gasteiger partial charge in [0, 0.05) is 11.2 Å². The van der Waals surface area contributed by atoms with Crippen LogP contribution in [0.25, 0.3) is 0 Å². The number of carbonyl (C=O) groups excluding carboxylic acids is 1. The molecule has 3 rings (SSSR count). The third-order valence-corrected chi connectivity index (χ3v) is 5.59. The van der Waals surface area contributed by atoms with Gasteiger partial charge in [-0.05, 0) is 63.0 Å². The second kappa shape index (κ2) is 5.88. The Morgan fingerprint density at radius 2 is 1.96 bits per heavy atom. The number of amides is 1. The van der Waals surface area contributed by atoms with Crippen molar-refractivity contribution in [2.45, 2.75) is 51.6 Å². The van der Waals surface area contributed by atoms with Gasteiger partial charge in [-0.15, -0.1) is 0 Å². The summed E-state index contributed by atoms with van der Waals surface area (Å²) in [6, 6.07) is 2.90. The Kier molecular flexibility index (Phi) is 4.16. The van der Waals surface area contributed by atoms with Gasteiger partial charge < -0.3 is 15.7 Å². The summed E-state index contributed by atoms with van der Waals surface area (Å²) in [5, 5.41) is 9.50. The molecule has 2 aliphatic rings. The van der Waals surface area contributed by atoms with Crippen molar-refractivity contribution in [3.63, 3.8) is 0 Å². The molecule has 1 amide bonds. The van der Waals surface area contributed by atoms with Gasteiger partial charge in [0.2, 0.25) is 0 Å². The van der Waals surface area contributed by atoms with Crippen LogP contribution in [0.15, 0.2) is 24.4 Å². The number of benzene rings is 1. The van der Waals surface area contributed by atoms with Crippen LogP contribution in [-0.4, -0.2) is 21.5 Å². The minimum Gasteiger partial charge on any atom is -0.505 e. The summed E-state index contributed by atoms with van der Waals surface area (Å²) in [4.78, 5) is 14.1. The molecule has 0 aromatic heterocycles. The van der Waals surface area contributed by atoms with Gasteiger partial charge in [-0.2, -0.15) is 0 Å². The maximum absolute atomic E-state index is 14.1. The molecule has 1 heterocycles. The number of hydrogen-bond donors (Lipinski definition) is 2. The molecule has 1 aromatic carbocycles. The quantitative estimate of drug-likeness (QED) is 0.889. The van der Waals surface area contributed by atoms with Crippen molar-refractivity contribution in [1.82, 2.24) is 4.90 Å². The fourth-order valence-corrected chi connectivity index (χ4v) is 3.97. The summed E-state index contributed by atoms with van der Waals surface area (Å²) >= 11 is 0. The molecule has 130 valence electrons. The Hall–Kier alpha value is -1.88. The molecule has 0 atom stereocenters. The lowest BCUT2D eigenvalue weighted by molar-refractivity contribution is 0.0793. The van der Waals surface area contributed by atoms with Crippen LogP contribution in [0.4, 0.5) is 4.39 Å². The Morgan fingerprint density at radius 1 is 1.33 bits per heavy atom. The Labute approximate surface area is 142 Å². The average molecular weight is 332 g/mol. The van der Waals surface area contributed by atoms with E-state index in [1.165, 1.54) is 6.07 Å². The third kappa shape index (κ3) is 2.81. The predicted octanol–water partition coefficient (Wildman–Crippen LogP) is 3.54. The zero-order valence-corrected chi connectivity index (χ0v) is 14.3. The maximum atomic E-state index is 14.1. The number of rotatable bonds is 3. The molecule has 1 aliphatic carbocycles. The predicted molar refractivity (Wildman–Crippen MR) is 90.8 cm³/mol. The molecule has 1 aromatic rings. The van der Waals surface area contributed by atoms with Crippen LogP contribution in [0, 0.1) is 17.7 Å². The Morgan fingerprint density at radius 3 is 2.54 bits per heavy atom. The number of nitrogens with two attached hydrogens (primary N) is 1.